The maximum Gasteiger partial charge on any atom is 0.303 e. The van der Waals surface area contributed by atoms with E-state index in [1.54, 1.807) is 0 Å². The van der Waals surface area contributed by atoms with E-state index in [0.29, 0.717) is 6.42 Å². The van der Waals surface area contributed by atoms with Crippen LogP contribution in [0.4, 0.5) is 0 Å². The standard InChI is InChI=1S/C4H8ClNO2/c5-3(6)1-2-4(7)8/h3H,1-2,6H2,(H,7,8). The number of rotatable bonds is 3. The number of nitrogens with two attached hydrogens (primary N) is 1. The number of hydrogen-bond acceptors (Lipinski definition) is 2. The summed E-state index contributed by atoms with van der Waals surface area (Å²) in [6, 6.07) is 0. The lowest BCUT2D eigenvalue weighted by Crippen LogP contribution is -2.12. The zero-order chi connectivity index (χ0) is 6.57. The summed E-state index contributed by atoms with van der Waals surface area (Å²) in [6.07, 6.45) is 0.377. The van der Waals surface area contributed by atoms with Crippen LogP contribution >= 0.6 is 11.6 Å². The van der Waals surface area contributed by atoms with Crippen molar-refractivity contribution in [3.8, 4) is 0 Å². The third kappa shape index (κ3) is 5.72. The minimum absolute atomic E-state index is 0.0463. The molecule has 0 aliphatic heterocycles. The normalized spacial score (nSPS) is 13.2. The van der Waals surface area contributed by atoms with Crippen LogP contribution < -0.4 is 5.73 Å². The van der Waals surface area contributed by atoms with E-state index in [1.807, 2.05) is 0 Å². The van der Waals surface area contributed by atoms with Crippen LogP contribution in [0.5, 0.6) is 0 Å². The molecule has 3 nitrogen and oxygen atoms in total. The Morgan fingerprint density at radius 3 is 2.50 bits per heavy atom. The molecule has 0 radical (unpaired) electrons. The van der Waals surface area contributed by atoms with Gasteiger partial charge in [-0.15, -0.1) is 11.6 Å². The minimum atomic E-state index is -0.860. The van der Waals surface area contributed by atoms with Gasteiger partial charge in [0, 0.05) is 6.42 Å². The number of carboxylic acids is 1. The first kappa shape index (κ1) is 7.72. The molecule has 1 unspecified atom stereocenters. The summed E-state index contributed by atoms with van der Waals surface area (Å²) in [7, 11) is 0. The van der Waals surface area contributed by atoms with Gasteiger partial charge < -0.3 is 10.8 Å². The van der Waals surface area contributed by atoms with Crippen molar-refractivity contribution >= 4 is 17.6 Å². The second-order valence-corrected chi connectivity index (χ2v) is 2.01. The van der Waals surface area contributed by atoms with Gasteiger partial charge in [-0.05, 0) is 6.42 Å². The van der Waals surface area contributed by atoms with Gasteiger partial charge in [-0.25, -0.2) is 0 Å². The van der Waals surface area contributed by atoms with E-state index in [-0.39, 0.29) is 6.42 Å². The van der Waals surface area contributed by atoms with Crippen LogP contribution in [-0.4, -0.2) is 16.6 Å². The van der Waals surface area contributed by atoms with Crippen molar-refractivity contribution in [2.24, 2.45) is 5.73 Å². The van der Waals surface area contributed by atoms with Gasteiger partial charge in [0.15, 0.2) is 0 Å². The average Bonchev–Trinajstić information content (AvgIpc) is 1.61. The lowest BCUT2D eigenvalue weighted by atomic mass is 10.3. The highest BCUT2D eigenvalue weighted by Crippen LogP contribution is 1.96. The molecule has 0 saturated heterocycles. The highest BCUT2D eigenvalue weighted by atomic mass is 35.5. The van der Waals surface area contributed by atoms with Crippen molar-refractivity contribution in [2.75, 3.05) is 0 Å². The molecule has 0 rings (SSSR count). The van der Waals surface area contributed by atoms with Crippen molar-refractivity contribution in [3.63, 3.8) is 0 Å². The number of alkyl halides is 1. The van der Waals surface area contributed by atoms with Crippen LogP contribution in [0.3, 0.4) is 0 Å². The summed E-state index contributed by atoms with van der Waals surface area (Å²) in [4.78, 5) is 9.79. The molecular weight excluding hydrogens is 130 g/mol. The van der Waals surface area contributed by atoms with Crippen molar-refractivity contribution < 1.29 is 9.90 Å². The maximum absolute atomic E-state index is 9.79. The Bertz CT molecular complexity index is 84.1. The molecule has 8 heavy (non-hydrogen) atoms. The quantitative estimate of drug-likeness (QED) is 0.437. The Kier molecular flexibility index (Phi) is 3.56. The van der Waals surface area contributed by atoms with Crippen LogP contribution in [0.15, 0.2) is 0 Å². The van der Waals surface area contributed by atoms with Crippen LogP contribution in [0.2, 0.25) is 0 Å². The molecule has 48 valence electrons. The molecule has 0 aromatic rings. The van der Waals surface area contributed by atoms with E-state index < -0.39 is 11.5 Å². The number of halogens is 1. The first-order valence-corrected chi connectivity index (χ1v) is 2.68. The van der Waals surface area contributed by atoms with E-state index in [0.717, 1.165) is 0 Å². The van der Waals surface area contributed by atoms with E-state index in [2.05, 4.69) is 0 Å². The summed E-state index contributed by atoms with van der Waals surface area (Å²) in [6.45, 7) is 0. The van der Waals surface area contributed by atoms with Gasteiger partial charge in [0.25, 0.3) is 0 Å². The first-order valence-electron chi connectivity index (χ1n) is 2.24. The smallest absolute Gasteiger partial charge is 0.303 e. The van der Waals surface area contributed by atoms with Gasteiger partial charge in [0.2, 0.25) is 0 Å². The minimum Gasteiger partial charge on any atom is -0.481 e. The Labute approximate surface area is 52.4 Å². The molecule has 0 spiro atoms. The van der Waals surface area contributed by atoms with E-state index in [4.69, 9.17) is 22.4 Å². The van der Waals surface area contributed by atoms with Gasteiger partial charge in [0.1, 0.15) is 0 Å². The molecule has 1 atom stereocenters. The van der Waals surface area contributed by atoms with Gasteiger partial charge in [-0.1, -0.05) is 0 Å². The van der Waals surface area contributed by atoms with E-state index >= 15 is 0 Å². The van der Waals surface area contributed by atoms with Gasteiger partial charge in [-0.2, -0.15) is 0 Å². The molecule has 4 heteroatoms. The molecule has 0 aromatic carbocycles. The van der Waals surface area contributed by atoms with Gasteiger partial charge in [-0.3, -0.25) is 4.79 Å². The summed E-state index contributed by atoms with van der Waals surface area (Å²) in [5, 5.41) is 8.05. The topological polar surface area (TPSA) is 63.3 Å². The molecule has 0 bridgehead atoms. The number of carbonyl (C=O) groups is 1. The molecule has 0 heterocycles. The highest BCUT2D eigenvalue weighted by molar-refractivity contribution is 6.20. The predicted octanol–water partition coefficient (Wildman–Crippen LogP) is 0.375. The van der Waals surface area contributed by atoms with Gasteiger partial charge in [0.05, 0.1) is 5.50 Å². The fraction of sp³-hybridized carbons (Fsp3) is 0.750. The number of hydrogen-bond donors (Lipinski definition) is 2. The summed E-state index contributed by atoms with van der Waals surface area (Å²) in [5.74, 6) is -0.860. The molecule has 0 fully saturated rings. The molecule has 0 aromatic heterocycles. The first-order chi connectivity index (χ1) is 3.63. The van der Waals surface area contributed by atoms with Crippen LogP contribution in [-0.2, 0) is 4.79 Å². The third-order valence-electron chi connectivity index (χ3n) is 0.634. The summed E-state index contributed by atoms with van der Waals surface area (Å²) < 4.78 is 0. The van der Waals surface area contributed by atoms with E-state index in [1.165, 1.54) is 0 Å². The zero-order valence-electron chi connectivity index (χ0n) is 4.30. The third-order valence-corrected chi connectivity index (χ3v) is 0.852. The Morgan fingerprint density at radius 2 is 2.38 bits per heavy atom. The van der Waals surface area contributed by atoms with Crippen LogP contribution in [0.1, 0.15) is 12.8 Å². The Hall–Kier alpha value is -0.280. The lowest BCUT2D eigenvalue weighted by molar-refractivity contribution is -0.137. The number of carboxylic acid groups (broad SMARTS) is 1. The van der Waals surface area contributed by atoms with Crippen LogP contribution in [0.25, 0.3) is 0 Å². The zero-order valence-corrected chi connectivity index (χ0v) is 5.06. The van der Waals surface area contributed by atoms with Crippen molar-refractivity contribution in [3.05, 3.63) is 0 Å². The molecule has 3 N–H and O–H groups in total. The molecular formula is C4H8ClNO2. The molecule has 0 saturated carbocycles. The highest BCUT2D eigenvalue weighted by Gasteiger charge is 1.99. The summed E-state index contributed by atoms with van der Waals surface area (Å²) >= 11 is 5.24. The summed E-state index contributed by atoms with van der Waals surface area (Å²) in [5.41, 5.74) is 4.52. The monoisotopic (exact) mass is 137 g/mol. The number of aliphatic carboxylic acids is 1. The molecule has 0 aliphatic rings. The van der Waals surface area contributed by atoms with Gasteiger partial charge >= 0.3 is 5.97 Å². The maximum atomic E-state index is 9.79. The SMILES string of the molecule is NC(Cl)CCC(=O)O. The average molecular weight is 138 g/mol. The fourth-order valence-electron chi connectivity index (χ4n) is 0.261. The van der Waals surface area contributed by atoms with Crippen LogP contribution in [0, 0.1) is 0 Å². The second-order valence-electron chi connectivity index (χ2n) is 1.45. The van der Waals surface area contributed by atoms with Crippen molar-refractivity contribution in [2.45, 2.75) is 18.3 Å². The second kappa shape index (κ2) is 3.69. The largest absolute Gasteiger partial charge is 0.481 e. The molecule has 0 aliphatic carbocycles. The fourth-order valence-corrected chi connectivity index (χ4v) is 0.370. The van der Waals surface area contributed by atoms with Crippen molar-refractivity contribution in [1.29, 1.82) is 0 Å². The lowest BCUT2D eigenvalue weighted by Gasteiger charge is -1.96. The Balaban J connectivity index is 3.05. The van der Waals surface area contributed by atoms with E-state index in [9.17, 15) is 4.79 Å². The Morgan fingerprint density at radius 1 is 1.88 bits per heavy atom. The molecule has 0 amide bonds. The van der Waals surface area contributed by atoms with Crippen molar-refractivity contribution in [1.82, 2.24) is 0 Å². The predicted molar refractivity (Wildman–Crippen MR) is 30.7 cm³/mol.